The summed E-state index contributed by atoms with van der Waals surface area (Å²) in [5, 5.41) is 26.5. The number of nitrogens with zero attached hydrogens (tertiary/aromatic N) is 2. The van der Waals surface area contributed by atoms with Crippen molar-refractivity contribution >= 4 is 17.0 Å². The van der Waals surface area contributed by atoms with Crippen LogP contribution >= 0.6 is 0 Å². The van der Waals surface area contributed by atoms with Gasteiger partial charge < -0.3 is 20.2 Å². The lowest BCUT2D eigenvalue weighted by Gasteiger charge is -2.28. The lowest BCUT2D eigenvalue weighted by Crippen LogP contribution is -2.42. The van der Waals surface area contributed by atoms with Gasteiger partial charge in [0.25, 0.3) is 0 Å². The highest BCUT2D eigenvalue weighted by molar-refractivity contribution is 5.81. The highest BCUT2D eigenvalue weighted by atomic mass is 16.4. The Kier molecular flexibility index (Phi) is 9.90. The van der Waals surface area contributed by atoms with E-state index in [1.54, 1.807) is 13.1 Å². The van der Waals surface area contributed by atoms with Gasteiger partial charge in [0.05, 0.1) is 17.2 Å². The maximum Gasteiger partial charge on any atom is 0.419 e. The molecule has 0 fully saturated rings. The second-order valence-electron chi connectivity index (χ2n) is 10.6. The Morgan fingerprint density at radius 2 is 1.87 bits per heavy atom. The number of hydrogen-bond acceptors (Lipinski definition) is 6. The maximum atomic E-state index is 13.2. The quantitative estimate of drug-likeness (QED) is 0.311. The summed E-state index contributed by atoms with van der Waals surface area (Å²) in [6.07, 6.45) is 2.94. The number of hydrogen-bond donors (Lipinski definition) is 3. The number of aliphatic hydroxyl groups is 1. The zero-order chi connectivity index (χ0) is 27.9. The fourth-order valence-electron chi connectivity index (χ4n) is 4.73. The summed E-state index contributed by atoms with van der Waals surface area (Å²) < 4.78 is 6.69. The summed E-state index contributed by atoms with van der Waals surface area (Å²) in [6.45, 7) is 6.62. The summed E-state index contributed by atoms with van der Waals surface area (Å²) in [5.41, 5.74) is 3.29. The minimum absolute atomic E-state index is 0.133. The van der Waals surface area contributed by atoms with Gasteiger partial charge in [-0.05, 0) is 74.5 Å². The number of aryl methyl sites for hydroxylation is 1. The molecule has 1 amide bonds. The largest absolute Gasteiger partial charge is 0.419 e. The molecule has 2 aromatic carbocycles. The molecule has 0 spiro atoms. The van der Waals surface area contributed by atoms with Crippen LogP contribution in [0.5, 0.6) is 0 Å². The first-order chi connectivity index (χ1) is 18.1. The first-order valence-electron chi connectivity index (χ1n) is 13.3. The highest BCUT2D eigenvalue weighted by Gasteiger charge is 2.29. The number of nitriles is 1. The summed E-state index contributed by atoms with van der Waals surface area (Å²) in [4.78, 5) is 25.0. The first kappa shape index (κ1) is 29.2. The Hall–Kier alpha value is -3.41. The zero-order valence-corrected chi connectivity index (χ0v) is 23.1. The van der Waals surface area contributed by atoms with E-state index in [4.69, 9.17) is 4.42 Å². The van der Waals surface area contributed by atoms with Crippen LogP contribution < -0.4 is 16.4 Å². The molecule has 0 radical (unpaired) electrons. The molecular formula is C30H40N4O4. The number of carbonyl (C=O) groups is 1. The van der Waals surface area contributed by atoms with Crippen LogP contribution in [0.3, 0.4) is 0 Å². The standard InChI is InChI=1S/C30H40N4O4/c1-6-20(2)25(13-14-30(3,37)15-16-32-4)28(35)33-24(19-31)17-21-7-9-22(10-8-21)23-11-12-27-26(18-23)34(5)29(36)38-27/h7-12,18,20,24-25,32,37H,6,13-17H2,1-5H3,(H,33,35). The van der Waals surface area contributed by atoms with Crippen molar-refractivity contribution in [2.75, 3.05) is 13.6 Å². The lowest BCUT2D eigenvalue weighted by atomic mass is 9.83. The molecule has 1 aromatic heterocycles. The Morgan fingerprint density at radius 1 is 1.18 bits per heavy atom. The number of benzene rings is 2. The van der Waals surface area contributed by atoms with Gasteiger partial charge in [-0.25, -0.2) is 4.79 Å². The highest BCUT2D eigenvalue weighted by Crippen LogP contribution is 2.27. The molecule has 3 aromatic rings. The van der Waals surface area contributed by atoms with Crippen LogP contribution in [0.25, 0.3) is 22.2 Å². The number of amides is 1. The van der Waals surface area contributed by atoms with Crippen LogP contribution in [0.15, 0.2) is 51.7 Å². The average molecular weight is 521 g/mol. The molecule has 0 saturated carbocycles. The smallest absolute Gasteiger partial charge is 0.408 e. The topological polar surface area (TPSA) is 120 Å². The van der Waals surface area contributed by atoms with Crippen LogP contribution in [0.4, 0.5) is 0 Å². The monoisotopic (exact) mass is 520 g/mol. The summed E-state index contributed by atoms with van der Waals surface area (Å²) in [7, 11) is 3.53. The van der Waals surface area contributed by atoms with E-state index in [0.717, 1.165) is 28.6 Å². The molecular weight excluding hydrogens is 480 g/mol. The van der Waals surface area contributed by atoms with Gasteiger partial charge in [0.15, 0.2) is 5.58 Å². The Bertz CT molecular complexity index is 1320. The van der Waals surface area contributed by atoms with Gasteiger partial charge in [-0.2, -0.15) is 5.26 Å². The molecule has 204 valence electrons. The fraction of sp³-hybridized carbons (Fsp3) is 0.500. The molecule has 3 rings (SSSR count). The Morgan fingerprint density at radius 3 is 2.50 bits per heavy atom. The Labute approximate surface area is 224 Å². The third-order valence-electron chi connectivity index (χ3n) is 7.57. The number of oxazole rings is 1. The molecule has 0 aliphatic heterocycles. The molecule has 3 N–H and O–H groups in total. The lowest BCUT2D eigenvalue weighted by molar-refractivity contribution is -0.127. The fourth-order valence-corrected chi connectivity index (χ4v) is 4.73. The average Bonchev–Trinajstić information content (AvgIpc) is 3.19. The van der Waals surface area contributed by atoms with Crippen LogP contribution in [0.1, 0.15) is 52.0 Å². The summed E-state index contributed by atoms with van der Waals surface area (Å²) >= 11 is 0. The summed E-state index contributed by atoms with van der Waals surface area (Å²) in [6, 6.07) is 15.0. The second-order valence-corrected chi connectivity index (χ2v) is 10.6. The molecule has 1 heterocycles. The van der Waals surface area contributed by atoms with E-state index in [0.29, 0.717) is 37.8 Å². The minimum atomic E-state index is -0.845. The van der Waals surface area contributed by atoms with E-state index in [2.05, 4.69) is 23.6 Å². The van der Waals surface area contributed by atoms with Crippen LogP contribution in [0.2, 0.25) is 0 Å². The van der Waals surface area contributed by atoms with Crippen LogP contribution in [-0.2, 0) is 18.3 Å². The molecule has 0 bridgehead atoms. The Balaban J connectivity index is 1.66. The van der Waals surface area contributed by atoms with Crippen molar-refractivity contribution < 1.29 is 14.3 Å². The molecule has 0 aliphatic carbocycles. The molecule has 38 heavy (non-hydrogen) atoms. The predicted octanol–water partition coefficient (Wildman–Crippen LogP) is 4.15. The summed E-state index contributed by atoms with van der Waals surface area (Å²) in [5.74, 6) is -0.660. The van der Waals surface area contributed by atoms with Crippen molar-refractivity contribution in [2.24, 2.45) is 18.9 Å². The molecule has 0 aliphatic rings. The van der Waals surface area contributed by atoms with Gasteiger partial charge in [-0.15, -0.1) is 0 Å². The normalized spacial score (nSPS) is 15.4. The van der Waals surface area contributed by atoms with Crippen molar-refractivity contribution in [1.29, 1.82) is 5.26 Å². The maximum absolute atomic E-state index is 13.2. The van der Waals surface area contributed by atoms with Gasteiger partial charge in [0.2, 0.25) is 5.91 Å². The number of rotatable bonds is 13. The van der Waals surface area contributed by atoms with E-state index in [-0.39, 0.29) is 17.7 Å². The van der Waals surface area contributed by atoms with Crippen molar-refractivity contribution in [1.82, 2.24) is 15.2 Å². The van der Waals surface area contributed by atoms with Gasteiger partial charge in [-0.1, -0.05) is 50.6 Å². The van der Waals surface area contributed by atoms with Crippen LogP contribution in [-0.4, -0.2) is 40.8 Å². The van der Waals surface area contributed by atoms with Crippen molar-refractivity contribution in [3.05, 3.63) is 58.6 Å². The van der Waals surface area contributed by atoms with E-state index < -0.39 is 17.4 Å². The van der Waals surface area contributed by atoms with Gasteiger partial charge in [0.1, 0.15) is 6.04 Å². The van der Waals surface area contributed by atoms with E-state index in [9.17, 15) is 20.0 Å². The molecule has 4 unspecified atom stereocenters. The predicted molar refractivity (Wildman–Crippen MR) is 149 cm³/mol. The molecule has 8 heteroatoms. The molecule has 4 atom stereocenters. The van der Waals surface area contributed by atoms with Crippen molar-refractivity contribution in [2.45, 2.75) is 64.5 Å². The van der Waals surface area contributed by atoms with E-state index >= 15 is 0 Å². The third kappa shape index (κ3) is 7.33. The molecule has 0 saturated heterocycles. The van der Waals surface area contributed by atoms with Gasteiger partial charge in [-0.3, -0.25) is 9.36 Å². The number of fused-ring (bicyclic) bond motifs is 1. The number of aromatic nitrogens is 1. The number of carbonyl (C=O) groups excluding carboxylic acids is 1. The zero-order valence-electron chi connectivity index (χ0n) is 23.1. The van der Waals surface area contributed by atoms with Gasteiger partial charge >= 0.3 is 5.76 Å². The third-order valence-corrected chi connectivity index (χ3v) is 7.57. The van der Waals surface area contributed by atoms with Crippen molar-refractivity contribution in [3.63, 3.8) is 0 Å². The SMILES string of the molecule is CCC(C)C(CCC(C)(O)CCNC)C(=O)NC(C#N)Cc1ccc(-c2ccc3oc(=O)n(C)c3c2)cc1. The van der Waals surface area contributed by atoms with Crippen LogP contribution in [0, 0.1) is 23.2 Å². The van der Waals surface area contributed by atoms with Crippen molar-refractivity contribution in [3.8, 4) is 17.2 Å². The minimum Gasteiger partial charge on any atom is -0.408 e. The van der Waals surface area contributed by atoms with E-state index in [1.165, 1.54) is 4.57 Å². The first-order valence-corrected chi connectivity index (χ1v) is 13.3. The number of nitrogens with one attached hydrogen (secondary N) is 2. The van der Waals surface area contributed by atoms with E-state index in [1.807, 2.05) is 57.3 Å². The molecule has 8 nitrogen and oxygen atoms in total. The second kappa shape index (κ2) is 12.9. The van der Waals surface area contributed by atoms with Gasteiger partial charge in [0, 0.05) is 19.4 Å².